The molecule has 1 rings (SSSR count). The van der Waals surface area contributed by atoms with Crippen LogP contribution in [0.5, 0.6) is 0 Å². The number of rotatable bonds is 6. The van der Waals surface area contributed by atoms with E-state index in [1.165, 1.54) is 38.0 Å². The van der Waals surface area contributed by atoms with Gasteiger partial charge in [0.1, 0.15) is 0 Å². The van der Waals surface area contributed by atoms with Gasteiger partial charge in [-0.15, -0.1) is 0 Å². The van der Waals surface area contributed by atoms with Gasteiger partial charge in [0.2, 0.25) is 0 Å². The molecule has 0 amide bonds. The summed E-state index contributed by atoms with van der Waals surface area (Å²) in [5.41, 5.74) is 0. The van der Waals surface area contributed by atoms with Crippen molar-refractivity contribution < 1.29 is 0 Å². The van der Waals surface area contributed by atoms with Crippen LogP contribution in [0, 0.1) is 0 Å². The Balaban J connectivity index is 2.41. The van der Waals surface area contributed by atoms with Crippen molar-refractivity contribution in [3.8, 4) is 0 Å². The van der Waals surface area contributed by atoms with Crippen molar-refractivity contribution in [3.05, 3.63) is 0 Å². The van der Waals surface area contributed by atoms with Gasteiger partial charge in [-0.05, 0) is 37.7 Å². The first-order valence-corrected chi connectivity index (χ1v) is 8.85. The third-order valence-electron chi connectivity index (χ3n) is 4.01. The van der Waals surface area contributed by atoms with E-state index in [2.05, 4.69) is 44.1 Å². The third kappa shape index (κ3) is 3.85. The predicted molar refractivity (Wildman–Crippen MR) is 79.8 cm³/mol. The van der Waals surface area contributed by atoms with Gasteiger partial charge in [0.25, 0.3) is 0 Å². The number of hydrogen-bond acceptors (Lipinski definition) is 3. The summed E-state index contributed by atoms with van der Waals surface area (Å²) in [5.74, 6) is 1.36. The van der Waals surface area contributed by atoms with E-state index in [0.717, 1.165) is 11.3 Å². The molecule has 16 heavy (non-hydrogen) atoms. The summed E-state index contributed by atoms with van der Waals surface area (Å²) < 4.78 is 0.460. The van der Waals surface area contributed by atoms with Gasteiger partial charge >= 0.3 is 0 Å². The number of nitrogens with one attached hydrogen (secondary N) is 1. The summed E-state index contributed by atoms with van der Waals surface area (Å²) in [5, 5.41) is 4.62. The molecule has 1 aliphatic heterocycles. The lowest BCUT2D eigenvalue weighted by Crippen LogP contribution is -2.46. The van der Waals surface area contributed by atoms with Crippen molar-refractivity contribution in [2.45, 2.75) is 62.5 Å². The fourth-order valence-corrected chi connectivity index (χ4v) is 4.34. The highest BCUT2D eigenvalue weighted by atomic mass is 32.2. The quantitative estimate of drug-likeness (QED) is 0.781. The first kappa shape index (κ1) is 14.7. The van der Waals surface area contributed by atoms with Crippen molar-refractivity contribution >= 4 is 23.5 Å². The molecule has 0 bridgehead atoms. The molecule has 2 atom stereocenters. The summed E-state index contributed by atoms with van der Waals surface area (Å²) in [4.78, 5) is 0. The van der Waals surface area contributed by atoms with Gasteiger partial charge in [-0.25, -0.2) is 0 Å². The van der Waals surface area contributed by atoms with Crippen LogP contribution in [0.25, 0.3) is 0 Å². The van der Waals surface area contributed by atoms with Crippen LogP contribution in [-0.4, -0.2) is 34.6 Å². The number of thioether (sulfide) groups is 2. The molecule has 1 nitrogen and oxygen atoms in total. The molecule has 0 aromatic heterocycles. The van der Waals surface area contributed by atoms with Crippen LogP contribution in [0.4, 0.5) is 0 Å². The standard InChI is InChI=1S/C13H27NS2/c1-5-13(6-2,15-4)10-14-12-8-7-9-16-11(12)3/h11-12,14H,5-10H2,1-4H3. The Bertz CT molecular complexity index is 184. The van der Waals surface area contributed by atoms with Gasteiger partial charge in [-0.2, -0.15) is 23.5 Å². The molecule has 1 N–H and O–H groups in total. The molecular weight excluding hydrogens is 234 g/mol. The second kappa shape index (κ2) is 7.17. The highest BCUT2D eigenvalue weighted by molar-refractivity contribution is 8.00. The predicted octanol–water partition coefficient (Wildman–Crippen LogP) is 3.78. The minimum Gasteiger partial charge on any atom is -0.312 e. The lowest BCUT2D eigenvalue weighted by atomic mass is 10.0. The molecule has 0 spiro atoms. The van der Waals surface area contributed by atoms with E-state index in [1.54, 1.807) is 0 Å². The average molecular weight is 262 g/mol. The zero-order valence-corrected chi connectivity index (χ0v) is 12.8. The Hall–Kier alpha value is 0.660. The van der Waals surface area contributed by atoms with Crippen LogP contribution >= 0.6 is 23.5 Å². The smallest absolute Gasteiger partial charge is 0.0276 e. The molecule has 3 heteroatoms. The van der Waals surface area contributed by atoms with Crippen LogP contribution in [0.3, 0.4) is 0 Å². The first-order chi connectivity index (χ1) is 7.67. The summed E-state index contributed by atoms with van der Waals surface area (Å²) in [6, 6.07) is 0.739. The van der Waals surface area contributed by atoms with Gasteiger partial charge in [0, 0.05) is 22.6 Å². The van der Waals surface area contributed by atoms with Gasteiger partial charge in [0.05, 0.1) is 0 Å². The van der Waals surface area contributed by atoms with E-state index in [9.17, 15) is 0 Å². The summed E-state index contributed by atoms with van der Waals surface area (Å²) in [7, 11) is 0. The Morgan fingerprint density at radius 3 is 2.56 bits per heavy atom. The van der Waals surface area contributed by atoms with Crippen LogP contribution in [0.15, 0.2) is 0 Å². The second-order valence-electron chi connectivity index (χ2n) is 4.80. The van der Waals surface area contributed by atoms with E-state index in [-0.39, 0.29) is 0 Å². The van der Waals surface area contributed by atoms with E-state index >= 15 is 0 Å². The molecule has 1 saturated heterocycles. The van der Waals surface area contributed by atoms with Crippen LogP contribution in [0.1, 0.15) is 46.5 Å². The van der Waals surface area contributed by atoms with Crippen LogP contribution < -0.4 is 5.32 Å². The Morgan fingerprint density at radius 2 is 2.06 bits per heavy atom. The second-order valence-corrected chi connectivity index (χ2v) is 7.56. The van der Waals surface area contributed by atoms with Crippen molar-refractivity contribution in [1.29, 1.82) is 0 Å². The van der Waals surface area contributed by atoms with Gasteiger partial charge < -0.3 is 5.32 Å². The van der Waals surface area contributed by atoms with Crippen molar-refractivity contribution in [2.75, 3.05) is 18.6 Å². The zero-order chi connectivity index (χ0) is 12.0. The van der Waals surface area contributed by atoms with E-state index in [1.807, 2.05) is 11.8 Å². The molecule has 0 aliphatic carbocycles. The number of hydrogen-bond donors (Lipinski definition) is 1. The topological polar surface area (TPSA) is 12.0 Å². The van der Waals surface area contributed by atoms with Gasteiger partial charge in [-0.1, -0.05) is 20.8 Å². The highest BCUT2D eigenvalue weighted by Gasteiger charge is 2.28. The van der Waals surface area contributed by atoms with Gasteiger partial charge in [-0.3, -0.25) is 0 Å². The normalized spacial score (nSPS) is 27.0. The van der Waals surface area contributed by atoms with Gasteiger partial charge in [0.15, 0.2) is 0 Å². The molecule has 2 unspecified atom stereocenters. The SMILES string of the molecule is CCC(CC)(CNC1CCCSC1C)SC. The van der Waals surface area contributed by atoms with E-state index in [0.29, 0.717) is 4.75 Å². The molecule has 0 aromatic carbocycles. The zero-order valence-electron chi connectivity index (χ0n) is 11.2. The minimum atomic E-state index is 0.460. The first-order valence-electron chi connectivity index (χ1n) is 6.57. The molecule has 1 aliphatic rings. The molecule has 96 valence electrons. The average Bonchev–Trinajstić information content (AvgIpc) is 2.34. The maximum Gasteiger partial charge on any atom is 0.0276 e. The summed E-state index contributed by atoms with van der Waals surface area (Å²) in [6.07, 6.45) is 7.55. The lowest BCUT2D eigenvalue weighted by molar-refractivity contribution is 0.411. The molecule has 0 aromatic rings. The van der Waals surface area contributed by atoms with Crippen molar-refractivity contribution in [1.82, 2.24) is 5.32 Å². The minimum absolute atomic E-state index is 0.460. The lowest BCUT2D eigenvalue weighted by Gasteiger charge is -2.35. The molecule has 1 heterocycles. The summed E-state index contributed by atoms with van der Waals surface area (Å²) in [6.45, 7) is 8.19. The van der Waals surface area contributed by atoms with Crippen molar-refractivity contribution in [3.63, 3.8) is 0 Å². The fourth-order valence-electron chi connectivity index (χ4n) is 2.37. The maximum absolute atomic E-state index is 3.82. The summed E-state index contributed by atoms with van der Waals surface area (Å²) >= 11 is 4.17. The Morgan fingerprint density at radius 1 is 1.38 bits per heavy atom. The molecular formula is C13H27NS2. The van der Waals surface area contributed by atoms with E-state index in [4.69, 9.17) is 0 Å². The Labute approximate surface area is 110 Å². The van der Waals surface area contributed by atoms with Crippen LogP contribution in [-0.2, 0) is 0 Å². The third-order valence-corrected chi connectivity index (χ3v) is 6.98. The van der Waals surface area contributed by atoms with Crippen LogP contribution in [0.2, 0.25) is 0 Å². The largest absolute Gasteiger partial charge is 0.312 e. The molecule has 0 saturated carbocycles. The molecule has 1 fully saturated rings. The fraction of sp³-hybridized carbons (Fsp3) is 1.00. The maximum atomic E-state index is 3.82. The van der Waals surface area contributed by atoms with E-state index < -0.39 is 0 Å². The molecule has 0 radical (unpaired) electrons. The van der Waals surface area contributed by atoms with Crippen molar-refractivity contribution in [2.24, 2.45) is 0 Å². The Kier molecular flexibility index (Phi) is 6.60. The highest BCUT2D eigenvalue weighted by Crippen LogP contribution is 2.31. The monoisotopic (exact) mass is 261 g/mol.